The number of ether oxygens (including phenoxy) is 12. The fourth-order valence-corrected chi connectivity index (χ4v) is 15.8. The van der Waals surface area contributed by atoms with E-state index in [4.69, 9.17) is 56.8 Å². The summed E-state index contributed by atoms with van der Waals surface area (Å²) in [6, 6.07) is 95.3. The van der Waals surface area contributed by atoms with Gasteiger partial charge in [0.25, 0.3) is 0 Å². The lowest BCUT2D eigenvalue weighted by Crippen LogP contribution is -2.27. The third-order valence-electron chi connectivity index (χ3n) is 20.7. The molecule has 0 radical (unpaired) electrons. The third-order valence-corrected chi connectivity index (χ3v) is 20.7. The van der Waals surface area contributed by atoms with Crippen LogP contribution in [0.1, 0.15) is 69.7 Å². The molecule has 524 valence electrons. The zero-order valence-electron chi connectivity index (χ0n) is 58.6. The second kappa shape index (κ2) is 28.1. The smallest absolute Gasteiger partial charge is 0.184 e. The predicted molar refractivity (Wildman–Crippen MR) is 406 cm³/mol. The molecule has 1 spiro atoms. The van der Waals surface area contributed by atoms with Gasteiger partial charge in [0.2, 0.25) is 0 Å². The van der Waals surface area contributed by atoms with Crippen molar-refractivity contribution in [1.82, 2.24) is 0 Å². The van der Waals surface area contributed by atoms with E-state index in [0.717, 1.165) is 158 Å². The first-order valence-electron chi connectivity index (χ1n) is 35.5. The molecule has 0 amide bonds. The second-order valence-corrected chi connectivity index (χ2v) is 26.5. The molecule has 0 unspecified atom stereocenters. The van der Waals surface area contributed by atoms with Crippen LogP contribution in [0.15, 0.2) is 267 Å². The molecule has 0 bridgehead atoms. The van der Waals surface area contributed by atoms with Gasteiger partial charge in [-0.05, 0) is 239 Å². The van der Waals surface area contributed by atoms with Crippen LogP contribution >= 0.6 is 0 Å². The minimum absolute atomic E-state index is 0.447. The van der Waals surface area contributed by atoms with Gasteiger partial charge in [0, 0.05) is 90.5 Å². The molecule has 0 atom stereocenters. The van der Waals surface area contributed by atoms with Gasteiger partial charge in [0.1, 0.15) is 23.0 Å². The number of methoxy groups -OCH3 is 4. The maximum atomic E-state index is 6.04. The highest BCUT2D eigenvalue weighted by atomic mass is 16.7. The van der Waals surface area contributed by atoms with Crippen LogP contribution in [-0.2, 0) is 43.3 Å². The van der Waals surface area contributed by atoms with Crippen LogP contribution in [0.4, 0.5) is 68.2 Å². The van der Waals surface area contributed by atoms with Crippen molar-refractivity contribution in [3.63, 3.8) is 0 Å². The molecule has 6 aliphatic rings. The number of nitrogens with zero attached hydrogens (tertiary/aromatic N) is 4. The lowest BCUT2D eigenvalue weighted by Gasteiger charge is -2.35. The number of hydrogen-bond acceptors (Lipinski definition) is 16. The van der Waals surface area contributed by atoms with E-state index >= 15 is 0 Å². The Morgan fingerprint density at radius 1 is 0.219 bits per heavy atom. The van der Waals surface area contributed by atoms with Crippen LogP contribution < -0.4 is 38.5 Å². The Hall–Kier alpha value is -11.3. The second-order valence-electron chi connectivity index (χ2n) is 26.5. The SMILES string of the molecule is COc1ccc(N(c2ccc(C3OCCO3)cc2)c2ccc3c(c2)C2(c4cc(N(c5ccc(OC)cc5)c5ccc(C6OCCO6)cc5)ccc4-3)c3cc(N(c4ccc(OC)cc4)c4ccc(C5OCCO5)cc4)ccc3-c3ccc(N(c4ccc(OC)cc4)c4ccc(C5OCCO5)cc4)cc32)cc1. The molecule has 12 aromatic carbocycles. The molecule has 4 heterocycles. The van der Waals surface area contributed by atoms with E-state index in [2.05, 4.69) is 238 Å². The van der Waals surface area contributed by atoms with Gasteiger partial charge in [-0.2, -0.15) is 0 Å². The first-order chi connectivity index (χ1) is 51.8. The maximum absolute atomic E-state index is 6.04. The molecule has 4 aliphatic heterocycles. The molecule has 0 N–H and O–H groups in total. The molecule has 105 heavy (non-hydrogen) atoms. The molecule has 0 saturated carbocycles. The average molecular weight is 1390 g/mol. The topological polar surface area (TPSA) is 124 Å². The zero-order valence-corrected chi connectivity index (χ0v) is 58.6. The number of rotatable bonds is 20. The van der Waals surface area contributed by atoms with Crippen molar-refractivity contribution in [3.8, 4) is 45.3 Å². The fraction of sp³-hybridized carbons (Fsp3) is 0.191. The Kier molecular flexibility index (Phi) is 17.6. The van der Waals surface area contributed by atoms with Gasteiger partial charge in [-0.1, -0.05) is 72.8 Å². The summed E-state index contributed by atoms with van der Waals surface area (Å²) in [5.41, 5.74) is 22.7. The van der Waals surface area contributed by atoms with Crippen molar-refractivity contribution in [1.29, 1.82) is 0 Å². The summed E-state index contributed by atoms with van der Waals surface area (Å²) in [6.07, 6.45) is -1.79. The molecule has 16 heteroatoms. The molecule has 4 fully saturated rings. The highest BCUT2D eigenvalue weighted by Crippen LogP contribution is 2.66. The molecule has 0 aromatic heterocycles. The number of fused-ring (bicyclic) bond motifs is 10. The minimum Gasteiger partial charge on any atom is -0.497 e. The normalized spacial score (nSPS) is 15.9. The predicted octanol–water partition coefficient (Wildman–Crippen LogP) is 20.1. The standard InChI is InChI=1S/C89H76N4O12/c1-94-73-33-21-65(22-34-73)90(61-13-5-57(6-14-61)85-98-45-46-99-85)69-29-41-77-78-42-30-70(91(66-23-35-74(95-2)36-24-66)62-15-7-58(8-16-62)86-100-47-48-101-86)54-82(78)89(81(77)53-69)83-55-71(92(67-25-37-75(96-3)38-26-67)63-17-9-59(10-18-63)87-102-49-50-103-87)31-43-79(83)80-44-32-72(56-84(80)89)93(68-27-39-76(97-4)40-28-68)64-19-11-60(12-20-64)88-104-51-52-105-88/h5-44,53-56,85-88H,45-52H2,1-4H3. The molecular weight excluding hydrogens is 1320 g/mol. The van der Waals surface area contributed by atoms with Crippen molar-refractivity contribution < 1.29 is 56.8 Å². The molecular formula is C89H76N4O12. The summed E-state index contributed by atoms with van der Waals surface area (Å²) in [4.78, 5) is 9.32. The van der Waals surface area contributed by atoms with Crippen molar-refractivity contribution in [3.05, 3.63) is 311 Å². The monoisotopic (exact) mass is 1390 g/mol. The summed E-state index contributed by atoms with van der Waals surface area (Å²) in [6.45, 7) is 4.30. The highest BCUT2D eigenvalue weighted by Gasteiger charge is 2.53. The highest BCUT2D eigenvalue weighted by molar-refractivity contribution is 6.00. The van der Waals surface area contributed by atoms with E-state index in [1.54, 1.807) is 28.4 Å². The molecule has 18 rings (SSSR count). The van der Waals surface area contributed by atoms with Gasteiger partial charge >= 0.3 is 0 Å². The van der Waals surface area contributed by atoms with Crippen LogP contribution in [0.5, 0.6) is 23.0 Å². The molecule has 2 aliphatic carbocycles. The summed E-state index contributed by atoms with van der Waals surface area (Å²) in [5.74, 6) is 3.00. The fourth-order valence-electron chi connectivity index (χ4n) is 15.8. The van der Waals surface area contributed by atoms with Crippen LogP contribution in [0.3, 0.4) is 0 Å². The van der Waals surface area contributed by atoms with E-state index in [-0.39, 0.29) is 0 Å². The van der Waals surface area contributed by atoms with Gasteiger partial charge in [-0.3, -0.25) is 0 Å². The van der Waals surface area contributed by atoms with E-state index in [0.29, 0.717) is 52.9 Å². The summed E-state index contributed by atoms with van der Waals surface area (Å²) in [7, 11) is 6.80. The first kappa shape index (κ1) is 65.7. The van der Waals surface area contributed by atoms with Crippen LogP contribution in [0, 0.1) is 0 Å². The maximum Gasteiger partial charge on any atom is 0.184 e. The molecule has 4 saturated heterocycles. The largest absolute Gasteiger partial charge is 0.497 e. The summed E-state index contributed by atoms with van der Waals surface area (Å²) in [5, 5.41) is 0. The van der Waals surface area contributed by atoms with Crippen molar-refractivity contribution in [2.75, 3.05) is 101 Å². The van der Waals surface area contributed by atoms with Gasteiger partial charge in [0.15, 0.2) is 25.2 Å². The van der Waals surface area contributed by atoms with E-state index in [1.165, 1.54) is 0 Å². The Bertz CT molecular complexity index is 4450. The molecule has 12 aromatic rings. The summed E-state index contributed by atoms with van der Waals surface area (Å²) < 4.78 is 71.6. The van der Waals surface area contributed by atoms with Crippen molar-refractivity contribution in [2.24, 2.45) is 0 Å². The Labute approximate surface area is 610 Å². The average Bonchev–Trinajstić information content (AvgIpc) is 1.50. The quantitative estimate of drug-likeness (QED) is 0.0718. The van der Waals surface area contributed by atoms with Crippen molar-refractivity contribution >= 4 is 68.2 Å². The number of benzene rings is 12. The lowest BCUT2D eigenvalue weighted by molar-refractivity contribution is -0.0443. The zero-order chi connectivity index (χ0) is 70.5. The van der Waals surface area contributed by atoms with Gasteiger partial charge < -0.3 is 76.4 Å². The number of hydrogen-bond donors (Lipinski definition) is 0. The summed E-state index contributed by atoms with van der Waals surface area (Å²) >= 11 is 0. The lowest BCUT2D eigenvalue weighted by atomic mass is 9.70. The van der Waals surface area contributed by atoms with E-state index in [9.17, 15) is 0 Å². The third kappa shape index (κ3) is 11.9. The van der Waals surface area contributed by atoms with Crippen LogP contribution in [-0.4, -0.2) is 81.3 Å². The van der Waals surface area contributed by atoms with E-state index < -0.39 is 30.6 Å². The Morgan fingerprint density at radius 3 is 0.552 bits per heavy atom. The van der Waals surface area contributed by atoms with Crippen LogP contribution in [0.2, 0.25) is 0 Å². The van der Waals surface area contributed by atoms with Gasteiger partial charge in [-0.25, -0.2) is 0 Å². The number of anilines is 12. The van der Waals surface area contributed by atoms with Crippen LogP contribution in [0.25, 0.3) is 22.3 Å². The first-order valence-corrected chi connectivity index (χ1v) is 35.5. The minimum atomic E-state index is -1.06. The Balaban J connectivity index is 0.912. The van der Waals surface area contributed by atoms with Gasteiger partial charge in [0.05, 0.1) is 86.7 Å². The van der Waals surface area contributed by atoms with Crippen molar-refractivity contribution in [2.45, 2.75) is 30.6 Å². The van der Waals surface area contributed by atoms with Gasteiger partial charge in [-0.15, -0.1) is 0 Å². The molecule has 16 nitrogen and oxygen atoms in total. The Morgan fingerprint density at radius 2 is 0.381 bits per heavy atom. The van der Waals surface area contributed by atoms with E-state index in [1.807, 2.05) is 48.5 Å².